The molecule has 0 amide bonds. The Bertz CT molecular complexity index is 1280. The lowest BCUT2D eigenvalue weighted by Gasteiger charge is -2.10. The van der Waals surface area contributed by atoms with Crippen molar-refractivity contribution in [2.24, 2.45) is 0 Å². The van der Waals surface area contributed by atoms with Gasteiger partial charge in [0, 0.05) is 33.2 Å². The van der Waals surface area contributed by atoms with Crippen LogP contribution in [0.3, 0.4) is 0 Å². The van der Waals surface area contributed by atoms with Crippen molar-refractivity contribution in [3.63, 3.8) is 0 Å². The SMILES string of the molecule is CCNCCc1c[nH]c2ccc(NS(=O)(=O)c3ccc4c(Cl)cccc4c3)cc12. The average molecular weight is 428 g/mol. The third-order valence-electron chi connectivity index (χ3n) is 4.95. The molecule has 0 bridgehead atoms. The van der Waals surface area contributed by atoms with E-state index in [1.54, 1.807) is 30.3 Å². The molecule has 150 valence electrons. The number of aromatic nitrogens is 1. The largest absolute Gasteiger partial charge is 0.361 e. The lowest BCUT2D eigenvalue weighted by molar-refractivity contribution is 0.601. The maximum atomic E-state index is 12.9. The first-order valence-corrected chi connectivity index (χ1v) is 11.4. The number of likely N-dealkylation sites (N-methyl/N-ethyl adjacent to an activating group) is 1. The van der Waals surface area contributed by atoms with E-state index in [1.807, 2.05) is 30.5 Å². The number of rotatable bonds is 7. The molecule has 0 atom stereocenters. The summed E-state index contributed by atoms with van der Waals surface area (Å²) in [5, 5.41) is 6.54. The van der Waals surface area contributed by atoms with E-state index in [-0.39, 0.29) is 4.90 Å². The summed E-state index contributed by atoms with van der Waals surface area (Å²) in [6, 6.07) is 15.9. The van der Waals surface area contributed by atoms with Crippen LogP contribution in [0.2, 0.25) is 5.02 Å². The lowest BCUT2D eigenvalue weighted by Crippen LogP contribution is -2.15. The van der Waals surface area contributed by atoms with Crippen molar-refractivity contribution < 1.29 is 8.42 Å². The molecule has 0 fully saturated rings. The zero-order chi connectivity index (χ0) is 20.4. The summed E-state index contributed by atoms with van der Waals surface area (Å²) in [7, 11) is -3.72. The van der Waals surface area contributed by atoms with Crippen LogP contribution in [0, 0.1) is 0 Å². The van der Waals surface area contributed by atoms with Crippen LogP contribution in [-0.2, 0) is 16.4 Å². The summed E-state index contributed by atoms with van der Waals surface area (Å²) in [4.78, 5) is 3.45. The van der Waals surface area contributed by atoms with E-state index in [0.717, 1.165) is 46.7 Å². The van der Waals surface area contributed by atoms with E-state index in [0.29, 0.717) is 10.7 Å². The Labute approximate surface area is 175 Å². The van der Waals surface area contributed by atoms with E-state index < -0.39 is 10.0 Å². The summed E-state index contributed by atoms with van der Waals surface area (Å²) in [6.07, 6.45) is 2.85. The van der Waals surface area contributed by atoms with Crippen molar-refractivity contribution in [1.29, 1.82) is 0 Å². The molecular formula is C22H22ClN3O2S. The van der Waals surface area contributed by atoms with Gasteiger partial charge in [-0.2, -0.15) is 0 Å². The fraction of sp³-hybridized carbons (Fsp3) is 0.182. The van der Waals surface area contributed by atoms with Crippen molar-refractivity contribution in [1.82, 2.24) is 10.3 Å². The summed E-state index contributed by atoms with van der Waals surface area (Å²) in [5.41, 5.74) is 2.68. The number of fused-ring (bicyclic) bond motifs is 2. The topological polar surface area (TPSA) is 74.0 Å². The third-order valence-corrected chi connectivity index (χ3v) is 6.66. The maximum absolute atomic E-state index is 12.9. The summed E-state index contributed by atoms with van der Waals surface area (Å²) in [5.74, 6) is 0. The first-order chi connectivity index (χ1) is 14.0. The van der Waals surface area contributed by atoms with Gasteiger partial charge in [-0.1, -0.05) is 36.7 Å². The van der Waals surface area contributed by atoms with Gasteiger partial charge in [0.15, 0.2) is 0 Å². The maximum Gasteiger partial charge on any atom is 0.261 e. The number of H-pyrrole nitrogens is 1. The first-order valence-electron chi connectivity index (χ1n) is 9.50. The van der Waals surface area contributed by atoms with Crippen LogP contribution in [0.5, 0.6) is 0 Å². The Balaban J connectivity index is 1.63. The lowest BCUT2D eigenvalue weighted by atomic mass is 10.1. The summed E-state index contributed by atoms with van der Waals surface area (Å²) in [6.45, 7) is 3.87. The predicted molar refractivity (Wildman–Crippen MR) is 120 cm³/mol. The van der Waals surface area contributed by atoms with E-state index >= 15 is 0 Å². The quantitative estimate of drug-likeness (QED) is 0.366. The van der Waals surface area contributed by atoms with Crippen LogP contribution >= 0.6 is 11.6 Å². The minimum Gasteiger partial charge on any atom is -0.361 e. The Morgan fingerprint density at radius 3 is 2.72 bits per heavy atom. The van der Waals surface area contributed by atoms with Crippen molar-refractivity contribution in [2.45, 2.75) is 18.2 Å². The minimum absolute atomic E-state index is 0.203. The van der Waals surface area contributed by atoms with E-state index in [9.17, 15) is 8.42 Å². The van der Waals surface area contributed by atoms with Gasteiger partial charge in [-0.25, -0.2) is 8.42 Å². The molecule has 1 heterocycles. The highest BCUT2D eigenvalue weighted by Crippen LogP contribution is 2.28. The molecule has 4 rings (SSSR count). The molecule has 3 N–H and O–H groups in total. The van der Waals surface area contributed by atoms with Gasteiger partial charge in [0.25, 0.3) is 10.0 Å². The van der Waals surface area contributed by atoms with E-state index in [1.165, 1.54) is 0 Å². The summed E-state index contributed by atoms with van der Waals surface area (Å²) < 4.78 is 28.6. The molecule has 3 aromatic carbocycles. The summed E-state index contributed by atoms with van der Waals surface area (Å²) >= 11 is 6.19. The molecule has 0 aliphatic carbocycles. The highest BCUT2D eigenvalue weighted by atomic mass is 35.5. The molecule has 0 spiro atoms. The highest BCUT2D eigenvalue weighted by molar-refractivity contribution is 7.92. The van der Waals surface area contributed by atoms with Crippen LogP contribution in [-0.4, -0.2) is 26.5 Å². The zero-order valence-electron chi connectivity index (χ0n) is 16.0. The second-order valence-electron chi connectivity index (χ2n) is 6.91. The zero-order valence-corrected chi connectivity index (χ0v) is 17.6. The number of anilines is 1. The second-order valence-corrected chi connectivity index (χ2v) is 9.00. The van der Waals surface area contributed by atoms with Gasteiger partial charge in [-0.3, -0.25) is 4.72 Å². The van der Waals surface area contributed by atoms with Crippen LogP contribution in [0.1, 0.15) is 12.5 Å². The standard InChI is InChI=1S/C22H22ClN3O2S/c1-2-24-11-10-16-14-25-22-9-6-17(13-20(16)22)26-29(27,28)18-7-8-19-15(12-18)4-3-5-21(19)23/h3-9,12-14,24-26H,2,10-11H2,1H3. The van der Waals surface area contributed by atoms with E-state index in [2.05, 4.69) is 21.9 Å². The van der Waals surface area contributed by atoms with Crippen LogP contribution < -0.4 is 10.0 Å². The molecule has 0 saturated carbocycles. The van der Waals surface area contributed by atoms with Gasteiger partial charge < -0.3 is 10.3 Å². The molecule has 7 heteroatoms. The van der Waals surface area contributed by atoms with Crippen LogP contribution in [0.15, 0.2) is 65.7 Å². The fourth-order valence-corrected chi connectivity index (χ4v) is 4.78. The number of halogens is 1. The molecule has 0 unspecified atom stereocenters. The first kappa shape index (κ1) is 19.8. The van der Waals surface area contributed by atoms with Crippen LogP contribution in [0.25, 0.3) is 21.7 Å². The number of hydrogen-bond acceptors (Lipinski definition) is 3. The Morgan fingerprint density at radius 1 is 1.03 bits per heavy atom. The van der Waals surface area contributed by atoms with Crippen molar-refractivity contribution in [3.8, 4) is 0 Å². The number of sulfonamides is 1. The highest BCUT2D eigenvalue weighted by Gasteiger charge is 2.16. The van der Waals surface area contributed by atoms with Crippen molar-refractivity contribution in [2.75, 3.05) is 17.8 Å². The van der Waals surface area contributed by atoms with Gasteiger partial charge in [0.2, 0.25) is 0 Å². The number of aromatic amines is 1. The van der Waals surface area contributed by atoms with Crippen molar-refractivity contribution >= 4 is 49.0 Å². The Hall–Kier alpha value is -2.54. The van der Waals surface area contributed by atoms with Crippen LogP contribution in [0.4, 0.5) is 5.69 Å². The van der Waals surface area contributed by atoms with E-state index in [4.69, 9.17) is 11.6 Å². The predicted octanol–water partition coefficient (Wildman–Crippen LogP) is 4.93. The number of benzene rings is 3. The normalized spacial score (nSPS) is 11.9. The number of nitrogens with one attached hydrogen (secondary N) is 3. The van der Waals surface area contributed by atoms with Gasteiger partial charge >= 0.3 is 0 Å². The second kappa shape index (κ2) is 8.06. The average Bonchev–Trinajstić information content (AvgIpc) is 3.10. The molecule has 4 aromatic rings. The molecule has 0 aliphatic rings. The Morgan fingerprint density at radius 2 is 1.90 bits per heavy atom. The third kappa shape index (κ3) is 4.10. The smallest absolute Gasteiger partial charge is 0.261 e. The van der Waals surface area contributed by atoms with Gasteiger partial charge in [-0.15, -0.1) is 0 Å². The van der Waals surface area contributed by atoms with Gasteiger partial charge in [0.05, 0.1) is 4.90 Å². The molecule has 1 aromatic heterocycles. The number of hydrogen-bond donors (Lipinski definition) is 3. The molecular weight excluding hydrogens is 406 g/mol. The molecule has 29 heavy (non-hydrogen) atoms. The van der Waals surface area contributed by atoms with Gasteiger partial charge in [-0.05, 0) is 66.9 Å². The molecule has 0 aliphatic heterocycles. The Kier molecular flexibility index (Phi) is 5.50. The molecule has 0 radical (unpaired) electrons. The fourth-order valence-electron chi connectivity index (χ4n) is 3.45. The minimum atomic E-state index is -3.72. The molecule has 0 saturated heterocycles. The van der Waals surface area contributed by atoms with Crippen molar-refractivity contribution in [3.05, 3.63) is 71.4 Å². The van der Waals surface area contributed by atoms with Gasteiger partial charge in [0.1, 0.15) is 0 Å². The monoisotopic (exact) mass is 427 g/mol. The molecule has 5 nitrogen and oxygen atoms in total.